The minimum absolute atomic E-state index is 0.0674. The summed E-state index contributed by atoms with van der Waals surface area (Å²) in [5.74, 6) is 1.29. The Bertz CT molecular complexity index is 762. The zero-order chi connectivity index (χ0) is 19.1. The molecule has 0 aliphatic rings. The van der Waals surface area contributed by atoms with Gasteiger partial charge in [0, 0.05) is 18.6 Å². The van der Waals surface area contributed by atoms with Crippen LogP contribution in [0.3, 0.4) is 0 Å². The van der Waals surface area contributed by atoms with Crippen LogP contribution in [0.25, 0.3) is 0 Å². The Balaban J connectivity index is 2.01. The van der Waals surface area contributed by atoms with Crippen molar-refractivity contribution in [1.29, 1.82) is 0 Å². The number of nitro benzene ring substituents is 1. The number of carbonyl (C=O) groups excluding carboxylic acids is 1. The molecule has 0 saturated carbocycles. The lowest BCUT2D eigenvalue weighted by Crippen LogP contribution is -2.09. The van der Waals surface area contributed by atoms with Crippen LogP contribution in [0.1, 0.15) is 12.0 Å². The minimum atomic E-state index is -0.518. The van der Waals surface area contributed by atoms with Gasteiger partial charge in [0.05, 0.1) is 26.3 Å². The van der Waals surface area contributed by atoms with Crippen molar-refractivity contribution in [1.82, 2.24) is 0 Å². The lowest BCUT2D eigenvalue weighted by Gasteiger charge is -2.14. The van der Waals surface area contributed by atoms with Crippen LogP contribution in [0.15, 0.2) is 36.4 Å². The van der Waals surface area contributed by atoms with Gasteiger partial charge in [-0.05, 0) is 36.2 Å². The van der Waals surface area contributed by atoms with E-state index in [0.29, 0.717) is 23.7 Å². The third-order valence-corrected chi connectivity index (χ3v) is 3.62. The van der Waals surface area contributed by atoms with Crippen molar-refractivity contribution in [3.05, 3.63) is 52.1 Å². The molecule has 0 saturated heterocycles. The standard InChI is InChI=1S/C18H19NO7/c1-23-15-10-12(11-16(24-2)18(15)25-3)4-9-17(20)26-14-7-5-13(6-8-14)19(21)22/h5-8,10-11H,4,9H2,1-3H3. The first-order valence-corrected chi connectivity index (χ1v) is 7.72. The Kier molecular flexibility index (Phi) is 6.37. The first-order chi connectivity index (χ1) is 12.5. The van der Waals surface area contributed by atoms with E-state index in [1.807, 2.05) is 0 Å². The van der Waals surface area contributed by atoms with Gasteiger partial charge in [0.2, 0.25) is 5.75 Å². The normalized spacial score (nSPS) is 10.1. The van der Waals surface area contributed by atoms with Gasteiger partial charge in [0.25, 0.3) is 5.69 Å². The third-order valence-electron chi connectivity index (χ3n) is 3.62. The number of non-ortho nitro benzene ring substituents is 1. The zero-order valence-electron chi connectivity index (χ0n) is 14.7. The molecule has 0 aromatic heterocycles. The number of nitro groups is 1. The Hall–Kier alpha value is -3.29. The molecule has 26 heavy (non-hydrogen) atoms. The summed E-state index contributed by atoms with van der Waals surface area (Å²) in [5, 5.41) is 10.6. The summed E-state index contributed by atoms with van der Waals surface area (Å²) in [6.07, 6.45) is 0.526. The summed E-state index contributed by atoms with van der Waals surface area (Å²) in [7, 11) is 4.55. The van der Waals surface area contributed by atoms with Crippen molar-refractivity contribution >= 4 is 11.7 Å². The molecule has 0 heterocycles. The Morgan fingerprint density at radius 1 is 1.00 bits per heavy atom. The number of esters is 1. The number of nitrogens with zero attached hydrogens (tertiary/aromatic N) is 1. The van der Waals surface area contributed by atoms with Gasteiger partial charge < -0.3 is 18.9 Å². The van der Waals surface area contributed by atoms with Crippen molar-refractivity contribution in [2.24, 2.45) is 0 Å². The Morgan fingerprint density at radius 2 is 1.58 bits per heavy atom. The third kappa shape index (κ3) is 4.62. The molecule has 0 atom stereocenters. The maximum absolute atomic E-state index is 12.0. The van der Waals surface area contributed by atoms with Crippen LogP contribution in [-0.4, -0.2) is 32.2 Å². The van der Waals surface area contributed by atoms with E-state index in [0.717, 1.165) is 5.56 Å². The maximum Gasteiger partial charge on any atom is 0.311 e. The highest BCUT2D eigenvalue weighted by atomic mass is 16.6. The van der Waals surface area contributed by atoms with E-state index in [1.165, 1.54) is 45.6 Å². The number of ether oxygens (including phenoxy) is 4. The summed E-state index contributed by atoms with van der Waals surface area (Å²) < 4.78 is 21.0. The number of hydrogen-bond donors (Lipinski definition) is 0. The average molecular weight is 361 g/mol. The molecule has 2 aromatic carbocycles. The summed E-state index contributed by atoms with van der Waals surface area (Å²) in [6.45, 7) is 0. The fourth-order valence-corrected chi connectivity index (χ4v) is 2.34. The van der Waals surface area contributed by atoms with E-state index in [4.69, 9.17) is 18.9 Å². The van der Waals surface area contributed by atoms with Crippen molar-refractivity contribution < 1.29 is 28.7 Å². The topological polar surface area (TPSA) is 97.1 Å². The van der Waals surface area contributed by atoms with E-state index < -0.39 is 10.9 Å². The van der Waals surface area contributed by atoms with Crippen molar-refractivity contribution in [3.8, 4) is 23.0 Å². The van der Waals surface area contributed by atoms with Crippen LogP contribution in [-0.2, 0) is 11.2 Å². The monoisotopic (exact) mass is 361 g/mol. The molecule has 0 radical (unpaired) electrons. The summed E-state index contributed by atoms with van der Waals surface area (Å²) in [5.41, 5.74) is 0.752. The van der Waals surface area contributed by atoms with Crippen LogP contribution < -0.4 is 18.9 Å². The Morgan fingerprint density at radius 3 is 2.04 bits per heavy atom. The summed E-state index contributed by atoms with van der Waals surface area (Å²) in [4.78, 5) is 22.1. The first-order valence-electron chi connectivity index (χ1n) is 7.72. The molecule has 138 valence electrons. The minimum Gasteiger partial charge on any atom is -0.493 e. The quantitative estimate of drug-likeness (QED) is 0.308. The van der Waals surface area contributed by atoms with Gasteiger partial charge in [-0.25, -0.2) is 0 Å². The molecule has 2 aromatic rings. The second-order valence-electron chi connectivity index (χ2n) is 5.26. The van der Waals surface area contributed by atoms with Gasteiger partial charge in [-0.2, -0.15) is 0 Å². The van der Waals surface area contributed by atoms with Gasteiger partial charge in [-0.15, -0.1) is 0 Å². The number of rotatable bonds is 8. The molecule has 8 nitrogen and oxygen atoms in total. The Labute approximate surface area is 150 Å². The molecule has 0 bridgehead atoms. The molecule has 8 heteroatoms. The van der Waals surface area contributed by atoms with Gasteiger partial charge in [0.15, 0.2) is 11.5 Å². The first kappa shape index (κ1) is 19.0. The predicted octanol–water partition coefficient (Wildman–Crippen LogP) is 3.16. The molecule has 2 rings (SSSR count). The lowest BCUT2D eigenvalue weighted by atomic mass is 10.1. The lowest BCUT2D eigenvalue weighted by molar-refractivity contribution is -0.384. The van der Waals surface area contributed by atoms with Gasteiger partial charge in [-0.1, -0.05) is 0 Å². The zero-order valence-corrected chi connectivity index (χ0v) is 14.7. The molecule has 0 amide bonds. The molecule has 0 unspecified atom stereocenters. The summed E-state index contributed by atoms with van der Waals surface area (Å²) >= 11 is 0. The van der Waals surface area contributed by atoms with Crippen LogP contribution in [0, 0.1) is 10.1 Å². The second kappa shape index (κ2) is 8.70. The van der Waals surface area contributed by atoms with Gasteiger partial charge in [-0.3, -0.25) is 14.9 Å². The van der Waals surface area contributed by atoms with Crippen LogP contribution >= 0.6 is 0 Å². The van der Waals surface area contributed by atoms with E-state index in [9.17, 15) is 14.9 Å². The molecular formula is C18H19NO7. The largest absolute Gasteiger partial charge is 0.493 e. The van der Waals surface area contributed by atoms with E-state index in [2.05, 4.69) is 0 Å². The SMILES string of the molecule is COc1cc(CCC(=O)Oc2ccc([N+](=O)[O-])cc2)cc(OC)c1OC. The molecular weight excluding hydrogens is 342 g/mol. The average Bonchev–Trinajstić information content (AvgIpc) is 2.65. The van der Waals surface area contributed by atoms with Crippen LogP contribution in [0.4, 0.5) is 5.69 Å². The van der Waals surface area contributed by atoms with E-state index in [1.54, 1.807) is 12.1 Å². The van der Waals surface area contributed by atoms with E-state index >= 15 is 0 Å². The summed E-state index contributed by atoms with van der Waals surface area (Å²) in [6, 6.07) is 8.86. The number of aryl methyl sites for hydroxylation is 1. The molecule has 0 spiro atoms. The molecule has 0 aliphatic carbocycles. The second-order valence-corrected chi connectivity index (χ2v) is 5.26. The van der Waals surface area contributed by atoms with Crippen molar-refractivity contribution in [2.75, 3.05) is 21.3 Å². The predicted molar refractivity (Wildman–Crippen MR) is 93.2 cm³/mol. The number of methoxy groups -OCH3 is 3. The highest BCUT2D eigenvalue weighted by Gasteiger charge is 2.14. The number of carbonyl (C=O) groups is 1. The van der Waals surface area contributed by atoms with E-state index in [-0.39, 0.29) is 17.9 Å². The highest BCUT2D eigenvalue weighted by Crippen LogP contribution is 2.38. The van der Waals surface area contributed by atoms with Crippen molar-refractivity contribution in [2.45, 2.75) is 12.8 Å². The van der Waals surface area contributed by atoms with Gasteiger partial charge in [0.1, 0.15) is 5.75 Å². The highest BCUT2D eigenvalue weighted by molar-refractivity contribution is 5.73. The number of hydrogen-bond acceptors (Lipinski definition) is 7. The fourth-order valence-electron chi connectivity index (χ4n) is 2.34. The van der Waals surface area contributed by atoms with Crippen molar-refractivity contribution in [3.63, 3.8) is 0 Å². The van der Waals surface area contributed by atoms with Crippen LogP contribution in [0.2, 0.25) is 0 Å². The van der Waals surface area contributed by atoms with Gasteiger partial charge >= 0.3 is 5.97 Å². The maximum atomic E-state index is 12.0. The van der Waals surface area contributed by atoms with Crippen LogP contribution in [0.5, 0.6) is 23.0 Å². The smallest absolute Gasteiger partial charge is 0.311 e. The number of benzene rings is 2. The fraction of sp³-hybridized carbons (Fsp3) is 0.278. The molecule has 0 fully saturated rings. The molecule has 0 N–H and O–H groups in total. The molecule has 0 aliphatic heterocycles.